The van der Waals surface area contributed by atoms with Crippen molar-refractivity contribution in [3.63, 3.8) is 0 Å². The molecule has 0 fully saturated rings. The number of imidazole rings is 2. The van der Waals surface area contributed by atoms with Crippen molar-refractivity contribution in [2.24, 2.45) is 14.1 Å². The Kier molecular flexibility index (Phi) is 4.44. The molecule has 0 spiro atoms. The van der Waals surface area contributed by atoms with Crippen LogP contribution in [0.15, 0.2) is 58.3 Å². The second-order valence-corrected chi connectivity index (χ2v) is 8.35. The largest absolute Gasteiger partial charge is 0.332 e. The standard InChI is InChI=1S/C25H25N5O2/c1-6-17-8-10-18(11-9-17)20-14-29-21-22(27(4)25(32)28(5)23(21)31)26-24(29)30(20)19-12-7-15(2)13-16(19)3/h7-14H,6H2,1-5H3. The lowest BCUT2D eigenvalue weighted by Gasteiger charge is -2.13. The molecule has 0 bridgehead atoms. The summed E-state index contributed by atoms with van der Waals surface area (Å²) in [5.74, 6) is 0.597. The predicted octanol–water partition coefficient (Wildman–Crippen LogP) is 3.52. The van der Waals surface area contributed by atoms with Gasteiger partial charge in [0, 0.05) is 25.9 Å². The lowest BCUT2D eigenvalue weighted by atomic mass is 10.1. The fourth-order valence-electron chi connectivity index (χ4n) is 4.38. The molecule has 3 heterocycles. The van der Waals surface area contributed by atoms with Crippen LogP contribution in [0.5, 0.6) is 0 Å². The van der Waals surface area contributed by atoms with E-state index in [2.05, 4.69) is 67.8 Å². The molecular formula is C25H25N5O2. The normalized spacial score (nSPS) is 11.7. The van der Waals surface area contributed by atoms with E-state index in [0.29, 0.717) is 16.9 Å². The Balaban J connectivity index is 1.94. The first-order chi connectivity index (χ1) is 15.3. The van der Waals surface area contributed by atoms with Crippen LogP contribution in [0.4, 0.5) is 0 Å². The molecule has 0 aliphatic carbocycles. The van der Waals surface area contributed by atoms with Gasteiger partial charge in [-0.15, -0.1) is 0 Å². The quantitative estimate of drug-likeness (QED) is 0.443. The fourth-order valence-corrected chi connectivity index (χ4v) is 4.38. The van der Waals surface area contributed by atoms with E-state index in [9.17, 15) is 9.59 Å². The summed E-state index contributed by atoms with van der Waals surface area (Å²) in [6.07, 6.45) is 2.91. The van der Waals surface area contributed by atoms with Gasteiger partial charge in [-0.25, -0.2) is 4.79 Å². The summed E-state index contributed by atoms with van der Waals surface area (Å²) in [6, 6.07) is 14.7. The third kappa shape index (κ3) is 2.77. The van der Waals surface area contributed by atoms with Crippen molar-refractivity contribution in [2.75, 3.05) is 0 Å². The van der Waals surface area contributed by atoms with E-state index in [4.69, 9.17) is 4.98 Å². The van der Waals surface area contributed by atoms with Crippen LogP contribution < -0.4 is 11.2 Å². The molecule has 0 N–H and O–H groups in total. The molecule has 0 saturated carbocycles. The summed E-state index contributed by atoms with van der Waals surface area (Å²) < 4.78 is 6.42. The molecule has 0 aliphatic heterocycles. The molecule has 0 atom stereocenters. The maximum Gasteiger partial charge on any atom is 0.332 e. The highest BCUT2D eigenvalue weighted by Gasteiger charge is 2.22. The van der Waals surface area contributed by atoms with E-state index >= 15 is 0 Å². The molecule has 0 radical (unpaired) electrons. The third-order valence-electron chi connectivity index (χ3n) is 6.22. The Labute approximate surface area is 184 Å². The van der Waals surface area contributed by atoms with E-state index in [1.165, 1.54) is 22.7 Å². The Morgan fingerprint density at radius 3 is 2.31 bits per heavy atom. The van der Waals surface area contributed by atoms with Crippen molar-refractivity contribution in [2.45, 2.75) is 27.2 Å². The third-order valence-corrected chi connectivity index (χ3v) is 6.22. The van der Waals surface area contributed by atoms with Gasteiger partial charge < -0.3 is 0 Å². The van der Waals surface area contributed by atoms with Gasteiger partial charge in [0.15, 0.2) is 11.2 Å². The van der Waals surface area contributed by atoms with Gasteiger partial charge in [0.25, 0.3) is 5.56 Å². The minimum Gasteiger partial charge on any atom is -0.279 e. The average molecular weight is 428 g/mol. The van der Waals surface area contributed by atoms with Gasteiger partial charge in [-0.05, 0) is 37.5 Å². The van der Waals surface area contributed by atoms with Gasteiger partial charge in [0.1, 0.15) is 0 Å². The summed E-state index contributed by atoms with van der Waals surface area (Å²) in [5.41, 5.74) is 6.49. The zero-order valence-corrected chi connectivity index (χ0v) is 18.9. The second-order valence-electron chi connectivity index (χ2n) is 8.35. The molecule has 0 aliphatic rings. The van der Waals surface area contributed by atoms with Gasteiger partial charge >= 0.3 is 5.69 Å². The Morgan fingerprint density at radius 2 is 1.66 bits per heavy atom. The van der Waals surface area contributed by atoms with E-state index in [-0.39, 0.29) is 5.56 Å². The van der Waals surface area contributed by atoms with Crippen LogP contribution in [0.3, 0.4) is 0 Å². The first-order valence-corrected chi connectivity index (χ1v) is 10.7. The molecule has 2 aromatic carbocycles. The second kappa shape index (κ2) is 7.09. The highest BCUT2D eigenvalue weighted by Crippen LogP contribution is 2.30. The fraction of sp³-hybridized carbons (Fsp3) is 0.240. The first kappa shape index (κ1) is 20.1. The van der Waals surface area contributed by atoms with Crippen molar-refractivity contribution in [3.05, 3.63) is 86.2 Å². The van der Waals surface area contributed by atoms with E-state index in [0.717, 1.165) is 33.5 Å². The monoisotopic (exact) mass is 427 g/mol. The van der Waals surface area contributed by atoms with Crippen molar-refractivity contribution in [3.8, 4) is 16.9 Å². The molecule has 5 aromatic rings. The number of hydrogen-bond acceptors (Lipinski definition) is 3. The van der Waals surface area contributed by atoms with Crippen LogP contribution >= 0.6 is 0 Å². The SMILES string of the molecule is CCc1ccc(-c2cn3c4c(=O)n(C)c(=O)n(C)c4nc3n2-c2ccc(C)cc2C)cc1. The molecule has 7 nitrogen and oxygen atoms in total. The zero-order valence-electron chi connectivity index (χ0n) is 18.9. The summed E-state index contributed by atoms with van der Waals surface area (Å²) >= 11 is 0. The van der Waals surface area contributed by atoms with Gasteiger partial charge in [-0.2, -0.15) is 4.98 Å². The van der Waals surface area contributed by atoms with Gasteiger partial charge in [-0.1, -0.05) is 48.9 Å². The molecule has 0 unspecified atom stereocenters. The van der Waals surface area contributed by atoms with Gasteiger partial charge in [0.05, 0.1) is 11.4 Å². The molecule has 162 valence electrons. The highest BCUT2D eigenvalue weighted by molar-refractivity contribution is 5.79. The summed E-state index contributed by atoms with van der Waals surface area (Å²) in [6.45, 7) is 6.27. The zero-order chi connectivity index (χ0) is 22.7. The highest BCUT2D eigenvalue weighted by atomic mass is 16.2. The van der Waals surface area contributed by atoms with Crippen LogP contribution in [0.1, 0.15) is 23.6 Å². The van der Waals surface area contributed by atoms with Crippen LogP contribution in [0, 0.1) is 13.8 Å². The molecular weight excluding hydrogens is 402 g/mol. The Bertz CT molecular complexity index is 1630. The summed E-state index contributed by atoms with van der Waals surface area (Å²) in [5, 5.41) is 0. The molecule has 5 rings (SSSR count). The smallest absolute Gasteiger partial charge is 0.279 e. The summed E-state index contributed by atoms with van der Waals surface area (Å²) in [4.78, 5) is 30.3. The van der Waals surface area contributed by atoms with Crippen LogP contribution in [0.2, 0.25) is 0 Å². The Morgan fingerprint density at radius 1 is 0.938 bits per heavy atom. The van der Waals surface area contributed by atoms with Gasteiger partial charge in [0.2, 0.25) is 5.78 Å². The van der Waals surface area contributed by atoms with Crippen LogP contribution in [-0.4, -0.2) is 23.1 Å². The minimum atomic E-state index is -0.392. The first-order valence-electron chi connectivity index (χ1n) is 10.7. The van der Waals surface area contributed by atoms with Crippen molar-refractivity contribution >= 4 is 16.9 Å². The number of aryl methyl sites for hydroxylation is 4. The molecule has 32 heavy (non-hydrogen) atoms. The molecule has 7 heteroatoms. The van der Waals surface area contributed by atoms with Crippen molar-refractivity contribution in [1.29, 1.82) is 0 Å². The number of fused-ring (bicyclic) bond motifs is 3. The van der Waals surface area contributed by atoms with Crippen molar-refractivity contribution < 1.29 is 0 Å². The lowest BCUT2D eigenvalue weighted by Crippen LogP contribution is -2.37. The average Bonchev–Trinajstić information content (AvgIpc) is 3.33. The maximum atomic E-state index is 13.0. The lowest BCUT2D eigenvalue weighted by molar-refractivity contribution is 0.708. The number of aromatic nitrogens is 5. The van der Waals surface area contributed by atoms with E-state index in [1.807, 2.05) is 6.20 Å². The molecule has 0 saturated heterocycles. The number of hydrogen-bond donors (Lipinski definition) is 0. The van der Waals surface area contributed by atoms with E-state index < -0.39 is 5.69 Å². The maximum absolute atomic E-state index is 13.0. The topological polar surface area (TPSA) is 66.2 Å². The van der Waals surface area contributed by atoms with Crippen molar-refractivity contribution in [1.82, 2.24) is 23.1 Å². The predicted molar refractivity (Wildman–Crippen MR) is 127 cm³/mol. The number of nitrogens with zero attached hydrogens (tertiary/aromatic N) is 5. The Hall–Kier alpha value is -3.87. The van der Waals surface area contributed by atoms with Gasteiger partial charge in [-0.3, -0.25) is 22.9 Å². The molecule has 0 amide bonds. The number of benzene rings is 2. The summed E-state index contributed by atoms with van der Waals surface area (Å²) in [7, 11) is 3.14. The van der Waals surface area contributed by atoms with Crippen LogP contribution in [-0.2, 0) is 20.5 Å². The molecule has 3 aromatic heterocycles. The van der Waals surface area contributed by atoms with E-state index in [1.54, 1.807) is 11.4 Å². The number of rotatable bonds is 3. The minimum absolute atomic E-state index is 0.360. The van der Waals surface area contributed by atoms with Crippen LogP contribution in [0.25, 0.3) is 33.9 Å².